The van der Waals surface area contributed by atoms with E-state index in [1.807, 2.05) is 0 Å². The molecule has 3 N–H and O–H groups in total. The summed E-state index contributed by atoms with van der Waals surface area (Å²) in [6, 6.07) is 5.33. The Morgan fingerprint density at radius 3 is 2.72 bits per heavy atom. The fourth-order valence-electron chi connectivity index (χ4n) is 2.75. The molecule has 0 unspecified atom stereocenters. The third-order valence-corrected chi connectivity index (χ3v) is 5.06. The highest BCUT2D eigenvalue weighted by Crippen LogP contribution is 2.38. The van der Waals surface area contributed by atoms with E-state index in [1.165, 1.54) is 29.5 Å². The molecule has 0 atom stereocenters. The number of ether oxygens (including phenoxy) is 1. The molecule has 0 bridgehead atoms. The van der Waals surface area contributed by atoms with Crippen LogP contribution in [0.5, 0.6) is 0 Å². The molecule has 3 rings (SSSR count). The second-order valence-corrected chi connectivity index (χ2v) is 6.64. The number of nitrogens with one attached hydrogen (secondary N) is 1. The monoisotopic (exact) mass is 362 g/mol. The van der Waals surface area contributed by atoms with Gasteiger partial charge in [0.1, 0.15) is 10.8 Å². The van der Waals surface area contributed by atoms with E-state index in [4.69, 9.17) is 10.5 Å². The van der Waals surface area contributed by atoms with Crippen molar-refractivity contribution >= 4 is 34.1 Å². The van der Waals surface area contributed by atoms with E-state index in [0.29, 0.717) is 10.6 Å². The summed E-state index contributed by atoms with van der Waals surface area (Å²) < 4.78 is 18.3. The van der Waals surface area contributed by atoms with Gasteiger partial charge in [-0.05, 0) is 37.0 Å². The summed E-state index contributed by atoms with van der Waals surface area (Å²) >= 11 is 1.31. The molecule has 1 aromatic carbocycles. The summed E-state index contributed by atoms with van der Waals surface area (Å²) in [5.74, 6) is -2.87. The van der Waals surface area contributed by atoms with Gasteiger partial charge in [-0.3, -0.25) is 9.59 Å². The van der Waals surface area contributed by atoms with Crippen LogP contribution < -0.4 is 11.1 Å². The van der Waals surface area contributed by atoms with Crippen LogP contribution >= 0.6 is 11.3 Å². The van der Waals surface area contributed by atoms with Gasteiger partial charge in [0.25, 0.3) is 11.8 Å². The van der Waals surface area contributed by atoms with Crippen molar-refractivity contribution < 1.29 is 23.5 Å². The van der Waals surface area contributed by atoms with Gasteiger partial charge in [-0.25, -0.2) is 9.18 Å². The molecule has 1 aromatic heterocycles. The molecule has 0 aliphatic heterocycles. The largest absolute Gasteiger partial charge is 0.452 e. The Morgan fingerprint density at radius 2 is 2.00 bits per heavy atom. The lowest BCUT2D eigenvalue weighted by atomic mass is 10.1. The Labute approximate surface area is 146 Å². The summed E-state index contributed by atoms with van der Waals surface area (Å²) in [6.07, 6.45) is 2.55. The highest BCUT2D eigenvalue weighted by molar-refractivity contribution is 7.17. The first-order valence-corrected chi connectivity index (χ1v) is 8.45. The number of rotatable bonds is 5. The number of esters is 1. The summed E-state index contributed by atoms with van der Waals surface area (Å²) in [4.78, 5) is 36.5. The third kappa shape index (κ3) is 3.53. The second kappa shape index (κ2) is 7.02. The lowest BCUT2D eigenvalue weighted by Crippen LogP contribution is -2.23. The molecule has 1 aliphatic rings. The zero-order valence-electron chi connectivity index (χ0n) is 13.1. The van der Waals surface area contributed by atoms with Crippen LogP contribution in [-0.2, 0) is 22.4 Å². The van der Waals surface area contributed by atoms with Crippen LogP contribution in [0.15, 0.2) is 24.3 Å². The highest BCUT2D eigenvalue weighted by Gasteiger charge is 2.26. The van der Waals surface area contributed by atoms with Gasteiger partial charge in [0.05, 0.1) is 11.1 Å². The van der Waals surface area contributed by atoms with Crippen LogP contribution in [-0.4, -0.2) is 24.4 Å². The average molecular weight is 362 g/mol. The maximum absolute atomic E-state index is 13.5. The Hall–Kier alpha value is -2.74. The fraction of sp³-hybridized carbons (Fsp3) is 0.235. The lowest BCUT2D eigenvalue weighted by Gasteiger charge is -2.07. The number of hydrogen-bond donors (Lipinski definition) is 2. The number of halogens is 1. The van der Waals surface area contributed by atoms with Crippen LogP contribution in [0.25, 0.3) is 0 Å². The van der Waals surface area contributed by atoms with Crippen LogP contribution in [0.1, 0.15) is 37.6 Å². The molecule has 8 heteroatoms. The average Bonchev–Trinajstić information content (AvgIpc) is 3.13. The Balaban J connectivity index is 1.65. The summed E-state index contributed by atoms with van der Waals surface area (Å²) in [6.45, 7) is -0.589. The maximum atomic E-state index is 13.5. The van der Waals surface area contributed by atoms with Crippen molar-refractivity contribution in [2.45, 2.75) is 19.3 Å². The van der Waals surface area contributed by atoms with Crippen molar-refractivity contribution in [3.8, 4) is 0 Å². The van der Waals surface area contributed by atoms with E-state index in [9.17, 15) is 18.8 Å². The van der Waals surface area contributed by atoms with Gasteiger partial charge in [-0.15, -0.1) is 11.3 Å². The topological polar surface area (TPSA) is 98.5 Å². The quantitative estimate of drug-likeness (QED) is 0.797. The van der Waals surface area contributed by atoms with Crippen molar-refractivity contribution in [3.05, 3.63) is 51.7 Å². The Morgan fingerprint density at radius 1 is 1.24 bits per heavy atom. The molecule has 0 fully saturated rings. The number of carbonyl (C=O) groups excluding carboxylic acids is 3. The fourth-order valence-corrected chi connectivity index (χ4v) is 4.06. The van der Waals surface area contributed by atoms with E-state index in [-0.39, 0.29) is 5.56 Å². The van der Waals surface area contributed by atoms with Gasteiger partial charge < -0.3 is 15.8 Å². The number of hydrogen-bond acceptors (Lipinski definition) is 5. The van der Waals surface area contributed by atoms with E-state index in [0.717, 1.165) is 35.8 Å². The number of fused-ring (bicyclic) bond motifs is 1. The third-order valence-electron chi connectivity index (χ3n) is 3.85. The standard InChI is InChI=1S/C17H15FN2O4S/c18-11-6-2-1-4-9(11)17(23)24-8-13(21)20-16-14(15(19)22)10-5-3-7-12(10)25-16/h1-2,4,6H,3,5,7-8H2,(H2,19,22)(H,20,21). The summed E-state index contributed by atoms with van der Waals surface area (Å²) in [7, 11) is 0. The summed E-state index contributed by atoms with van der Waals surface area (Å²) in [5.41, 5.74) is 6.38. The molecular weight excluding hydrogens is 347 g/mol. The number of benzene rings is 1. The molecule has 0 saturated carbocycles. The first-order chi connectivity index (χ1) is 12.0. The normalized spacial score (nSPS) is 12.5. The van der Waals surface area contributed by atoms with Gasteiger partial charge in [0, 0.05) is 4.88 Å². The van der Waals surface area contributed by atoms with Crippen LogP contribution in [0.3, 0.4) is 0 Å². The molecule has 1 aliphatic carbocycles. The number of thiophene rings is 1. The lowest BCUT2D eigenvalue weighted by molar-refractivity contribution is -0.119. The highest BCUT2D eigenvalue weighted by atomic mass is 32.1. The minimum atomic E-state index is -0.933. The molecule has 6 nitrogen and oxygen atoms in total. The first kappa shape index (κ1) is 17.1. The molecule has 1 heterocycles. The van der Waals surface area contributed by atoms with Gasteiger partial charge in [0.15, 0.2) is 6.61 Å². The molecule has 130 valence electrons. The molecule has 0 saturated heterocycles. The number of carbonyl (C=O) groups is 3. The van der Waals surface area contributed by atoms with E-state index >= 15 is 0 Å². The van der Waals surface area contributed by atoms with Gasteiger partial charge >= 0.3 is 5.97 Å². The van der Waals surface area contributed by atoms with Gasteiger partial charge in [-0.1, -0.05) is 12.1 Å². The van der Waals surface area contributed by atoms with E-state index in [2.05, 4.69) is 5.32 Å². The number of amides is 2. The molecule has 2 aromatic rings. The number of primary amides is 1. The first-order valence-electron chi connectivity index (χ1n) is 7.63. The minimum absolute atomic E-state index is 0.247. The molecular formula is C17H15FN2O4S. The smallest absolute Gasteiger partial charge is 0.341 e. The van der Waals surface area contributed by atoms with Crippen LogP contribution in [0.2, 0.25) is 0 Å². The minimum Gasteiger partial charge on any atom is -0.452 e. The second-order valence-electron chi connectivity index (χ2n) is 5.53. The molecule has 25 heavy (non-hydrogen) atoms. The number of aryl methyl sites for hydroxylation is 1. The van der Waals surface area contributed by atoms with Crippen LogP contribution in [0, 0.1) is 5.82 Å². The summed E-state index contributed by atoms with van der Waals surface area (Å²) in [5, 5.41) is 2.92. The number of anilines is 1. The SMILES string of the molecule is NC(=O)c1c(NC(=O)COC(=O)c2ccccc2F)sc2c1CCC2. The Bertz CT molecular complexity index is 862. The predicted molar refractivity (Wildman–Crippen MR) is 90.2 cm³/mol. The Kier molecular flexibility index (Phi) is 4.80. The van der Waals surface area contributed by atoms with Crippen molar-refractivity contribution in [2.75, 3.05) is 11.9 Å². The predicted octanol–water partition coefficient (Wildman–Crippen LogP) is 2.27. The zero-order chi connectivity index (χ0) is 18.0. The number of nitrogens with two attached hydrogens (primary N) is 1. The van der Waals surface area contributed by atoms with Crippen molar-refractivity contribution in [3.63, 3.8) is 0 Å². The van der Waals surface area contributed by atoms with Crippen molar-refractivity contribution in [1.82, 2.24) is 0 Å². The van der Waals surface area contributed by atoms with E-state index in [1.54, 1.807) is 0 Å². The van der Waals surface area contributed by atoms with E-state index < -0.39 is 30.2 Å². The van der Waals surface area contributed by atoms with Gasteiger partial charge in [0.2, 0.25) is 0 Å². The van der Waals surface area contributed by atoms with Crippen molar-refractivity contribution in [1.29, 1.82) is 0 Å². The van der Waals surface area contributed by atoms with Crippen molar-refractivity contribution in [2.24, 2.45) is 5.73 Å². The van der Waals surface area contributed by atoms with Crippen LogP contribution in [0.4, 0.5) is 9.39 Å². The maximum Gasteiger partial charge on any atom is 0.341 e. The molecule has 0 spiro atoms. The molecule has 2 amide bonds. The zero-order valence-corrected chi connectivity index (χ0v) is 14.0. The molecule has 0 radical (unpaired) electrons. The van der Waals surface area contributed by atoms with Gasteiger partial charge in [-0.2, -0.15) is 0 Å².